The highest BCUT2D eigenvalue weighted by atomic mass is 16.3. The minimum atomic E-state index is -0.142. The molecule has 1 saturated carbocycles. The molecule has 2 aliphatic rings. The molecular formula is C19H27N3O. The predicted molar refractivity (Wildman–Crippen MR) is 90.6 cm³/mol. The number of likely N-dealkylation sites (tertiary alicyclic amines) is 1. The van der Waals surface area contributed by atoms with Gasteiger partial charge in [0.1, 0.15) is 0 Å². The van der Waals surface area contributed by atoms with E-state index in [2.05, 4.69) is 40.6 Å². The van der Waals surface area contributed by atoms with Crippen LogP contribution in [0.4, 0.5) is 0 Å². The lowest BCUT2D eigenvalue weighted by atomic mass is 9.88. The molecule has 4 nitrogen and oxygen atoms in total. The molecule has 1 saturated heterocycles. The smallest absolute Gasteiger partial charge is 0.0866 e. The van der Waals surface area contributed by atoms with Gasteiger partial charge in [0.2, 0.25) is 0 Å². The van der Waals surface area contributed by atoms with E-state index in [0.717, 1.165) is 32.5 Å². The highest BCUT2D eigenvalue weighted by Crippen LogP contribution is 2.36. The number of benzene rings is 1. The maximum Gasteiger partial charge on any atom is 0.0866 e. The Labute approximate surface area is 139 Å². The van der Waals surface area contributed by atoms with E-state index >= 15 is 0 Å². The van der Waals surface area contributed by atoms with E-state index in [0.29, 0.717) is 24.4 Å². The van der Waals surface area contributed by atoms with Crippen molar-refractivity contribution in [3.63, 3.8) is 0 Å². The fourth-order valence-corrected chi connectivity index (χ4v) is 3.72. The van der Waals surface area contributed by atoms with Crippen molar-refractivity contribution in [3.8, 4) is 6.07 Å². The Kier molecular flexibility index (Phi) is 5.66. The van der Waals surface area contributed by atoms with Crippen LogP contribution in [0.3, 0.4) is 0 Å². The molecule has 2 fully saturated rings. The standard InChI is InChI=1S/C19H27N3O/c20-8-9-22-13-16(11-19(23)17-6-7-17)10-18(14-22)21-12-15-4-2-1-3-5-15/h1-5,16-19,21,23H,6-7,9-14H2. The summed E-state index contributed by atoms with van der Waals surface area (Å²) in [5, 5.41) is 22.9. The van der Waals surface area contributed by atoms with Crippen molar-refractivity contribution in [1.29, 1.82) is 5.26 Å². The normalized spacial score (nSPS) is 26.6. The Bertz CT molecular complexity index is 523. The molecule has 1 aromatic carbocycles. The first-order valence-electron chi connectivity index (χ1n) is 8.79. The van der Waals surface area contributed by atoms with Gasteiger partial charge in [-0.1, -0.05) is 30.3 Å². The molecule has 1 aliphatic heterocycles. The molecule has 23 heavy (non-hydrogen) atoms. The van der Waals surface area contributed by atoms with Crippen LogP contribution >= 0.6 is 0 Å². The van der Waals surface area contributed by atoms with Crippen molar-refractivity contribution in [2.45, 2.75) is 44.4 Å². The van der Waals surface area contributed by atoms with Gasteiger partial charge in [0, 0.05) is 25.7 Å². The maximum atomic E-state index is 10.2. The van der Waals surface area contributed by atoms with Crippen LogP contribution < -0.4 is 5.32 Å². The highest BCUT2D eigenvalue weighted by molar-refractivity contribution is 5.14. The first-order chi connectivity index (χ1) is 11.2. The van der Waals surface area contributed by atoms with Crippen LogP contribution in [0.25, 0.3) is 0 Å². The molecule has 3 atom stereocenters. The summed E-state index contributed by atoms with van der Waals surface area (Å²) in [4.78, 5) is 2.23. The summed E-state index contributed by atoms with van der Waals surface area (Å²) < 4.78 is 0. The number of piperidine rings is 1. The molecule has 1 aromatic rings. The zero-order chi connectivity index (χ0) is 16.1. The van der Waals surface area contributed by atoms with Gasteiger partial charge < -0.3 is 10.4 Å². The van der Waals surface area contributed by atoms with Crippen LogP contribution in [0, 0.1) is 23.2 Å². The monoisotopic (exact) mass is 313 g/mol. The van der Waals surface area contributed by atoms with Crippen LogP contribution in [0.5, 0.6) is 0 Å². The van der Waals surface area contributed by atoms with Crippen LogP contribution in [0.1, 0.15) is 31.2 Å². The van der Waals surface area contributed by atoms with Gasteiger partial charge >= 0.3 is 0 Å². The molecule has 0 amide bonds. The third kappa shape index (κ3) is 5.04. The Morgan fingerprint density at radius 3 is 2.74 bits per heavy atom. The lowest BCUT2D eigenvalue weighted by molar-refractivity contribution is 0.0794. The number of nitrogens with one attached hydrogen (secondary N) is 1. The number of aliphatic hydroxyl groups is 1. The number of hydrogen-bond acceptors (Lipinski definition) is 4. The van der Waals surface area contributed by atoms with Crippen LogP contribution in [0.15, 0.2) is 30.3 Å². The van der Waals surface area contributed by atoms with E-state index < -0.39 is 0 Å². The number of nitriles is 1. The van der Waals surface area contributed by atoms with E-state index in [9.17, 15) is 5.11 Å². The second kappa shape index (κ2) is 7.92. The van der Waals surface area contributed by atoms with Gasteiger partial charge in [-0.2, -0.15) is 5.26 Å². The summed E-state index contributed by atoms with van der Waals surface area (Å²) >= 11 is 0. The highest BCUT2D eigenvalue weighted by Gasteiger charge is 2.34. The zero-order valence-electron chi connectivity index (χ0n) is 13.7. The molecule has 1 aliphatic carbocycles. The average Bonchev–Trinajstić information content (AvgIpc) is 3.39. The van der Waals surface area contributed by atoms with E-state index in [1.54, 1.807) is 0 Å². The van der Waals surface area contributed by atoms with Crippen LogP contribution in [-0.4, -0.2) is 41.8 Å². The first kappa shape index (κ1) is 16.4. The largest absolute Gasteiger partial charge is 0.393 e. The van der Waals surface area contributed by atoms with Crippen molar-refractivity contribution < 1.29 is 5.11 Å². The summed E-state index contributed by atoms with van der Waals surface area (Å²) in [6.45, 7) is 3.22. The van der Waals surface area contributed by atoms with Crippen molar-refractivity contribution in [3.05, 3.63) is 35.9 Å². The van der Waals surface area contributed by atoms with Crippen molar-refractivity contribution in [2.24, 2.45) is 11.8 Å². The average molecular weight is 313 g/mol. The topological polar surface area (TPSA) is 59.3 Å². The van der Waals surface area contributed by atoms with Crippen LogP contribution in [-0.2, 0) is 6.54 Å². The predicted octanol–water partition coefficient (Wildman–Crippen LogP) is 2.15. The zero-order valence-corrected chi connectivity index (χ0v) is 13.7. The maximum absolute atomic E-state index is 10.2. The molecule has 124 valence electrons. The molecule has 0 radical (unpaired) electrons. The number of aliphatic hydroxyl groups excluding tert-OH is 1. The summed E-state index contributed by atoms with van der Waals surface area (Å²) in [6.07, 6.45) is 4.21. The molecule has 3 rings (SSSR count). The third-order valence-electron chi connectivity index (χ3n) is 5.09. The summed E-state index contributed by atoms with van der Waals surface area (Å²) in [6, 6.07) is 13.1. The molecule has 0 spiro atoms. The van der Waals surface area contributed by atoms with Gasteiger partial charge in [-0.25, -0.2) is 0 Å². The SMILES string of the molecule is N#CCN1CC(CC(O)C2CC2)CC(NCc2ccccc2)C1. The van der Waals surface area contributed by atoms with E-state index in [1.165, 1.54) is 18.4 Å². The van der Waals surface area contributed by atoms with Gasteiger partial charge in [0.25, 0.3) is 0 Å². The summed E-state index contributed by atoms with van der Waals surface area (Å²) in [5.74, 6) is 1.03. The molecule has 0 bridgehead atoms. The van der Waals surface area contributed by atoms with E-state index in [-0.39, 0.29) is 6.10 Å². The second-order valence-corrected chi connectivity index (χ2v) is 7.16. The lowest BCUT2D eigenvalue weighted by Gasteiger charge is -2.38. The first-order valence-corrected chi connectivity index (χ1v) is 8.79. The van der Waals surface area contributed by atoms with Crippen molar-refractivity contribution >= 4 is 0 Å². The quantitative estimate of drug-likeness (QED) is 0.757. The van der Waals surface area contributed by atoms with Gasteiger partial charge in [0.15, 0.2) is 0 Å². The number of hydrogen-bond donors (Lipinski definition) is 2. The fraction of sp³-hybridized carbons (Fsp3) is 0.632. The summed E-state index contributed by atoms with van der Waals surface area (Å²) in [7, 11) is 0. The Balaban J connectivity index is 1.53. The van der Waals surface area contributed by atoms with Gasteiger partial charge in [-0.3, -0.25) is 4.90 Å². The lowest BCUT2D eigenvalue weighted by Crippen LogP contribution is -2.49. The molecule has 0 aromatic heterocycles. The molecule has 1 heterocycles. The van der Waals surface area contributed by atoms with Gasteiger partial charge in [0.05, 0.1) is 18.7 Å². The number of rotatable bonds is 7. The summed E-state index contributed by atoms with van der Waals surface area (Å²) in [5.41, 5.74) is 1.29. The molecule has 4 heteroatoms. The van der Waals surface area contributed by atoms with Crippen molar-refractivity contribution in [1.82, 2.24) is 10.2 Å². The third-order valence-corrected chi connectivity index (χ3v) is 5.09. The Morgan fingerprint density at radius 1 is 1.26 bits per heavy atom. The van der Waals surface area contributed by atoms with Gasteiger partial charge in [-0.05, 0) is 43.1 Å². The minimum Gasteiger partial charge on any atom is -0.393 e. The van der Waals surface area contributed by atoms with Crippen LogP contribution in [0.2, 0.25) is 0 Å². The van der Waals surface area contributed by atoms with E-state index in [4.69, 9.17) is 5.26 Å². The Morgan fingerprint density at radius 2 is 2.04 bits per heavy atom. The Hall–Kier alpha value is -1.41. The second-order valence-electron chi connectivity index (χ2n) is 7.16. The molecular weight excluding hydrogens is 286 g/mol. The molecule has 2 N–H and O–H groups in total. The fourth-order valence-electron chi connectivity index (χ4n) is 3.72. The van der Waals surface area contributed by atoms with Gasteiger partial charge in [-0.15, -0.1) is 0 Å². The van der Waals surface area contributed by atoms with Crippen molar-refractivity contribution in [2.75, 3.05) is 19.6 Å². The molecule has 3 unspecified atom stereocenters. The minimum absolute atomic E-state index is 0.142. The number of nitrogens with zero attached hydrogens (tertiary/aromatic N) is 2. The van der Waals surface area contributed by atoms with E-state index in [1.807, 2.05) is 6.07 Å².